The fraction of sp³-hybridized carbons (Fsp3) is 0.500. The van der Waals surface area contributed by atoms with Crippen molar-refractivity contribution in [2.45, 2.75) is 39.0 Å². The third kappa shape index (κ3) is 2.71. The predicted octanol–water partition coefficient (Wildman–Crippen LogP) is 4.30. The standard InChI is InChI=1S/C18H19F3O2/c1-17(2)13-9-14(17)16(23)8-11(13)7-15(22)10-3-5-12(6-4-10)18(19,20)21/h3-6,8,13-15,22H,7,9H2,1-2H3/t13-,14+,15?/m1/s1. The topological polar surface area (TPSA) is 37.3 Å². The number of halogens is 3. The molecule has 0 amide bonds. The first-order valence-electron chi connectivity index (χ1n) is 7.70. The van der Waals surface area contributed by atoms with Crippen LogP contribution in [0.3, 0.4) is 0 Å². The Hall–Kier alpha value is -1.62. The molecule has 1 N–H and O–H groups in total. The molecule has 124 valence electrons. The average Bonchev–Trinajstić information content (AvgIpc) is 2.45. The fourth-order valence-electron chi connectivity index (χ4n) is 3.86. The lowest BCUT2D eigenvalue weighted by Crippen LogP contribution is -2.52. The first-order chi connectivity index (χ1) is 10.6. The number of benzene rings is 1. The highest BCUT2D eigenvalue weighted by molar-refractivity contribution is 5.96. The van der Waals surface area contributed by atoms with Gasteiger partial charge < -0.3 is 5.11 Å². The molecule has 1 aromatic carbocycles. The van der Waals surface area contributed by atoms with Crippen molar-refractivity contribution in [1.29, 1.82) is 0 Å². The van der Waals surface area contributed by atoms with Crippen molar-refractivity contribution in [2.75, 3.05) is 0 Å². The Morgan fingerprint density at radius 2 is 1.83 bits per heavy atom. The molecule has 4 rings (SSSR count). The van der Waals surface area contributed by atoms with Gasteiger partial charge in [-0.05, 0) is 47.9 Å². The van der Waals surface area contributed by atoms with Gasteiger partial charge in [-0.3, -0.25) is 4.79 Å². The quantitative estimate of drug-likeness (QED) is 0.900. The number of carbonyl (C=O) groups excluding carboxylic acids is 1. The minimum Gasteiger partial charge on any atom is -0.388 e. The number of hydrogen-bond donors (Lipinski definition) is 1. The maximum absolute atomic E-state index is 12.6. The summed E-state index contributed by atoms with van der Waals surface area (Å²) in [5.74, 6) is 0.445. The number of aliphatic hydroxyl groups is 1. The number of carbonyl (C=O) groups is 1. The van der Waals surface area contributed by atoms with Gasteiger partial charge in [0, 0.05) is 5.92 Å². The van der Waals surface area contributed by atoms with Gasteiger partial charge in [0.2, 0.25) is 0 Å². The zero-order valence-corrected chi connectivity index (χ0v) is 13.0. The molecule has 3 aliphatic rings. The van der Waals surface area contributed by atoms with E-state index in [2.05, 4.69) is 13.8 Å². The minimum atomic E-state index is -4.38. The van der Waals surface area contributed by atoms with Crippen molar-refractivity contribution in [1.82, 2.24) is 0 Å². The molecular weight excluding hydrogens is 305 g/mol. The number of ketones is 1. The molecule has 2 bridgehead atoms. The van der Waals surface area contributed by atoms with Crippen LogP contribution in [-0.4, -0.2) is 10.9 Å². The molecule has 23 heavy (non-hydrogen) atoms. The minimum absolute atomic E-state index is 0.0689. The number of aliphatic hydroxyl groups excluding tert-OH is 1. The summed E-state index contributed by atoms with van der Waals surface area (Å²) in [5.41, 5.74) is 0.532. The Balaban J connectivity index is 1.75. The molecular formula is C18H19F3O2. The maximum Gasteiger partial charge on any atom is 0.416 e. The van der Waals surface area contributed by atoms with Crippen LogP contribution in [0, 0.1) is 17.3 Å². The van der Waals surface area contributed by atoms with Crippen LogP contribution in [0.25, 0.3) is 0 Å². The number of fused-ring (bicyclic) bond motifs is 1. The molecule has 2 nitrogen and oxygen atoms in total. The normalized spacial score (nSPS) is 27.2. The van der Waals surface area contributed by atoms with Gasteiger partial charge in [-0.25, -0.2) is 0 Å². The zero-order valence-electron chi connectivity index (χ0n) is 13.0. The van der Waals surface area contributed by atoms with Crippen LogP contribution in [-0.2, 0) is 11.0 Å². The first-order valence-corrected chi connectivity index (χ1v) is 7.70. The van der Waals surface area contributed by atoms with E-state index in [1.165, 1.54) is 12.1 Å². The Morgan fingerprint density at radius 1 is 1.22 bits per heavy atom. The lowest BCUT2D eigenvalue weighted by Gasteiger charge is -2.55. The highest BCUT2D eigenvalue weighted by Gasteiger charge is 2.55. The number of hydrogen-bond acceptors (Lipinski definition) is 2. The second-order valence-electron chi connectivity index (χ2n) is 7.12. The van der Waals surface area contributed by atoms with Crippen LogP contribution in [0.4, 0.5) is 13.2 Å². The van der Waals surface area contributed by atoms with Crippen molar-refractivity contribution in [3.63, 3.8) is 0 Å². The zero-order chi connectivity index (χ0) is 17.0. The summed E-state index contributed by atoms with van der Waals surface area (Å²) >= 11 is 0. The van der Waals surface area contributed by atoms with E-state index in [4.69, 9.17) is 0 Å². The number of alkyl halides is 3. The predicted molar refractivity (Wildman–Crippen MR) is 79.5 cm³/mol. The van der Waals surface area contributed by atoms with Gasteiger partial charge in [0.05, 0.1) is 11.7 Å². The molecule has 1 aromatic rings. The van der Waals surface area contributed by atoms with Crippen LogP contribution >= 0.6 is 0 Å². The van der Waals surface area contributed by atoms with Gasteiger partial charge >= 0.3 is 6.18 Å². The lowest BCUT2D eigenvalue weighted by atomic mass is 9.48. The highest BCUT2D eigenvalue weighted by atomic mass is 19.4. The SMILES string of the molecule is CC1(C)[C@@H]2C[C@H]1C(=O)C=C2CC(O)c1ccc(C(F)(F)F)cc1. The van der Waals surface area contributed by atoms with E-state index in [0.29, 0.717) is 5.56 Å². The molecule has 5 heteroatoms. The summed E-state index contributed by atoms with van der Waals surface area (Å²) in [6, 6.07) is 4.55. The van der Waals surface area contributed by atoms with Crippen molar-refractivity contribution in [3.05, 3.63) is 47.0 Å². The summed E-state index contributed by atoms with van der Waals surface area (Å²) in [4.78, 5) is 12.0. The second kappa shape index (κ2) is 5.20. The van der Waals surface area contributed by atoms with Crippen molar-refractivity contribution >= 4 is 5.78 Å². The molecule has 1 fully saturated rings. The molecule has 3 aliphatic carbocycles. The summed E-state index contributed by atoms with van der Waals surface area (Å²) < 4.78 is 37.7. The third-order valence-electron chi connectivity index (χ3n) is 5.44. The molecule has 0 spiro atoms. The van der Waals surface area contributed by atoms with Gasteiger partial charge in [-0.2, -0.15) is 13.2 Å². The van der Waals surface area contributed by atoms with Crippen LogP contribution in [0.15, 0.2) is 35.9 Å². The largest absolute Gasteiger partial charge is 0.416 e. The maximum atomic E-state index is 12.6. The van der Waals surface area contributed by atoms with Gasteiger partial charge in [0.15, 0.2) is 5.78 Å². The lowest BCUT2D eigenvalue weighted by molar-refractivity contribution is -0.137. The second-order valence-corrected chi connectivity index (χ2v) is 7.12. The fourth-order valence-corrected chi connectivity index (χ4v) is 3.86. The summed E-state index contributed by atoms with van der Waals surface area (Å²) in [7, 11) is 0. The summed E-state index contributed by atoms with van der Waals surface area (Å²) in [6.07, 6.45) is -2.55. The molecule has 0 heterocycles. The molecule has 0 saturated heterocycles. The van der Waals surface area contributed by atoms with E-state index in [1.54, 1.807) is 6.08 Å². The average molecular weight is 324 g/mol. The Morgan fingerprint density at radius 3 is 2.30 bits per heavy atom. The summed E-state index contributed by atoms with van der Waals surface area (Å²) in [6.45, 7) is 4.11. The van der Waals surface area contributed by atoms with Crippen molar-refractivity contribution in [2.24, 2.45) is 17.3 Å². The molecule has 0 aromatic heterocycles. The van der Waals surface area contributed by atoms with Crippen LogP contribution in [0.5, 0.6) is 0 Å². The van der Waals surface area contributed by atoms with Gasteiger partial charge in [0.25, 0.3) is 0 Å². The third-order valence-corrected chi connectivity index (χ3v) is 5.44. The van der Waals surface area contributed by atoms with Crippen LogP contribution in [0.2, 0.25) is 0 Å². The molecule has 3 atom stereocenters. The van der Waals surface area contributed by atoms with Gasteiger partial charge in [-0.15, -0.1) is 0 Å². The monoisotopic (exact) mass is 324 g/mol. The summed E-state index contributed by atoms with van der Waals surface area (Å²) in [5, 5.41) is 10.3. The van der Waals surface area contributed by atoms with Gasteiger partial charge in [-0.1, -0.05) is 31.6 Å². The Bertz CT molecular complexity index is 656. The number of rotatable bonds is 3. The van der Waals surface area contributed by atoms with E-state index in [9.17, 15) is 23.1 Å². The Labute approximate surface area is 133 Å². The van der Waals surface area contributed by atoms with Crippen LogP contribution in [0.1, 0.15) is 43.9 Å². The van der Waals surface area contributed by atoms with E-state index in [1.807, 2.05) is 0 Å². The van der Waals surface area contributed by atoms with E-state index in [0.717, 1.165) is 24.1 Å². The highest BCUT2D eigenvalue weighted by Crippen LogP contribution is 2.59. The Kier molecular flexibility index (Phi) is 3.67. The van der Waals surface area contributed by atoms with E-state index in [-0.39, 0.29) is 29.5 Å². The first kappa shape index (κ1) is 16.2. The van der Waals surface area contributed by atoms with Crippen LogP contribution < -0.4 is 0 Å². The molecule has 0 radical (unpaired) electrons. The van der Waals surface area contributed by atoms with Crippen molar-refractivity contribution < 1.29 is 23.1 Å². The van der Waals surface area contributed by atoms with Crippen molar-refractivity contribution in [3.8, 4) is 0 Å². The smallest absolute Gasteiger partial charge is 0.388 e. The molecule has 1 unspecified atom stereocenters. The van der Waals surface area contributed by atoms with Gasteiger partial charge in [0.1, 0.15) is 0 Å². The number of allylic oxidation sites excluding steroid dienone is 1. The molecule has 1 saturated carbocycles. The van der Waals surface area contributed by atoms with E-state index < -0.39 is 17.8 Å². The van der Waals surface area contributed by atoms with E-state index >= 15 is 0 Å². The molecule has 0 aliphatic heterocycles.